The summed E-state index contributed by atoms with van der Waals surface area (Å²) >= 11 is 0. The van der Waals surface area contributed by atoms with E-state index in [1.807, 2.05) is 13.0 Å². The number of carboxylic acids is 1. The monoisotopic (exact) mass is 556 g/mol. The van der Waals surface area contributed by atoms with Gasteiger partial charge in [0, 0.05) is 25.2 Å². The number of aromatic amines is 1. The van der Waals surface area contributed by atoms with Crippen LogP contribution >= 0.6 is 0 Å². The molecule has 216 valence electrons. The maximum absolute atomic E-state index is 13.2. The molecule has 0 bridgehead atoms. The molecule has 4 atom stereocenters. The molecule has 0 aliphatic heterocycles. The highest BCUT2D eigenvalue weighted by atomic mass is 16.4. The topological polar surface area (TPSA) is 199 Å². The summed E-state index contributed by atoms with van der Waals surface area (Å²) in [4.78, 5) is 80.8. The van der Waals surface area contributed by atoms with Crippen LogP contribution in [0.5, 0.6) is 0 Å². The third-order valence-corrected chi connectivity index (χ3v) is 5.95. The molecule has 0 unspecified atom stereocenters. The van der Waals surface area contributed by atoms with Crippen LogP contribution in [0.1, 0.15) is 50.8 Å². The van der Waals surface area contributed by atoms with Gasteiger partial charge in [0.05, 0.1) is 18.8 Å². The van der Waals surface area contributed by atoms with E-state index in [4.69, 9.17) is 0 Å². The first-order valence-corrected chi connectivity index (χ1v) is 13.0. The summed E-state index contributed by atoms with van der Waals surface area (Å²) in [7, 11) is 0. The van der Waals surface area contributed by atoms with Crippen molar-refractivity contribution in [3.63, 3.8) is 0 Å². The number of unbranched alkanes of at least 4 members (excludes halogenated alkanes) is 1. The van der Waals surface area contributed by atoms with E-state index < -0.39 is 60.2 Å². The van der Waals surface area contributed by atoms with Gasteiger partial charge < -0.3 is 36.2 Å². The van der Waals surface area contributed by atoms with Crippen molar-refractivity contribution in [1.29, 1.82) is 0 Å². The van der Waals surface area contributed by atoms with Gasteiger partial charge in [-0.05, 0) is 18.4 Å². The molecule has 1 aromatic heterocycles. The number of aldehydes is 1. The van der Waals surface area contributed by atoms with E-state index in [0.717, 1.165) is 12.0 Å². The summed E-state index contributed by atoms with van der Waals surface area (Å²) in [5.41, 5.74) is 1.31. The Labute approximate surface area is 231 Å². The van der Waals surface area contributed by atoms with Gasteiger partial charge in [-0.3, -0.25) is 24.0 Å². The van der Waals surface area contributed by atoms with Crippen molar-refractivity contribution in [3.8, 4) is 0 Å². The number of aliphatic carboxylic acids is 1. The van der Waals surface area contributed by atoms with Gasteiger partial charge >= 0.3 is 5.97 Å². The fourth-order valence-corrected chi connectivity index (χ4v) is 3.96. The van der Waals surface area contributed by atoms with Gasteiger partial charge in [-0.25, -0.2) is 4.98 Å². The summed E-state index contributed by atoms with van der Waals surface area (Å²) in [5, 5.41) is 19.4. The third kappa shape index (κ3) is 11.1. The minimum absolute atomic E-state index is 0.0484. The molecular weight excluding hydrogens is 520 g/mol. The average Bonchev–Trinajstić information content (AvgIpc) is 3.43. The van der Waals surface area contributed by atoms with Gasteiger partial charge in [-0.1, -0.05) is 50.1 Å². The minimum Gasteiger partial charge on any atom is -0.481 e. The molecule has 0 aliphatic rings. The highest BCUT2D eigenvalue weighted by molar-refractivity contribution is 5.96. The van der Waals surface area contributed by atoms with Crippen molar-refractivity contribution in [1.82, 2.24) is 31.2 Å². The lowest BCUT2D eigenvalue weighted by Gasteiger charge is -2.25. The molecule has 1 aromatic carbocycles. The van der Waals surface area contributed by atoms with E-state index in [2.05, 4.69) is 31.2 Å². The van der Waals surface area contributed by atoms with Crippen LogP contribution in [-0.4, -0.2) is 75.1 Å². The number of carboxylic acid groups (broad SMARTS) is 1. The van der Waals surface area contributed by atoms with Crippen LogP contribution in [0.25, 0.3) is 0 Å². The Hall–Kier alpha value is -4.55. The first-order chi connectivity index (χ1) is 19.1. The van der Waals surface area contributed by atoms with Crippen molar-refractivity contribution < 1.29 is 33.9 Å². The van der Waals surface area contributed by atoms with Crippen molar-refractivity contribution >= 4 is 35.9 Å². The van der Waals surface area contributed by atoms with Crippen LogP contribution in [0.4, 0.5) is 0 Å². The van der Waals surface area contributed by atoms with Gasteiger partial charge in [0.15, 0.2) is 0 Å². The van der Waals surface area contributed by atoms with Gasteiger partial charge in [0.25, 0.3) is 0 Å². The summed E-state index contributed by atoms with van der Waals surface area (Å²) in [6, 6.07) is 4.42. The molecule has 2 aromatic rings. The van der Waals surface area contributed by atoms with E-state index in [1.54, 1.807) is 24.3 Å². The third-order valence-electron chi connectivity index (χ3n) is 5.95. The zero-order valence-electron chi connectivity index (χ0n) is 22.5. The number of aromatic nitrogens is 2. The largest absolute Gasteiger partial charge is 0.481 e. The lowest BCUT2D eigenvalue weighted by molar-refractivity contribution is -0.141. The lowest BCUT2D eigenvalue weighted by Crippen LogP contribution is -2.58. The molecule has 0 aliphatic carbocycles. The highest BCUT2D eigenvalue weighted by Gasteiger charge is 2.31. The van der Waals surface area contributed by atoms with Crippen molar-refractivity contribution in [2.45, 2.75) is 76.5 Å². The Bertz CT molecular complexity index is 1140. The van der Waals surface area contributed by atoms with Gasteiger partial charge in [0.2, 0.25) is 23.6 Å². The second-order valence-corrected chi connectivity index (χ2v) is 9.34. The summed E-state index contributed by atoms with van der Waals surface area (Å²) in [6.07, 6.45) is 4.50. The maximum Gasteiger partial charge on any atom is 0.305 e. The van der Waals surface area contributed by atoms with E-state index in [9.17, 15) is 33.9 Å². The molecule has 0 saturated heterocycles. The Balaban J connectivity index is 2.20. The van der Waals surface area contributed by atoms with Crippen LogP contribution in [0.15, 0.2) is 42.9 Å². The number of hydrogen-bond donors (Lipinski definition) is 6. The van der Waals surface area contributed by atoms with Crippen LogP contribution in [0.3, 0.4) is 0 Å². The summed E-state index contributed by atoms with van der Waals surface area (Å²) in [5.74, 6) is -4.13. The molecule has 13 nitrogen and oxygen atoms in total. The van der Waals surface area contributed by atoms with Crippen LogP contribution in [-0.2, 0) is 41.6 Å². The number of nitrogens with zero attached hydrogens (tertiary/aromatic N) is 1. The number of hydrogen-bond acceptors (Lipinski definition) is 7. The number of nitrogens with one attached hydrogen (secondary N) is 5. The quantitative estimate of drug-likeness (QED) is 0.146. The molecule has 0 radical (unpaired) electrons. The van der Waals surface area contributed by atoms with Gasteiger partial charge in [0.1, 0.15) is 24.4 Å². The van der Waals surface area contributed by atoms with Crippen molar-refractivity contribution in [2.75, 3.05) is 0 Å². The Morgan fingerprint density at radius 3 is 2.15 bits per heavy atom. The molecule has 0 fully saturated rings. The number of carbonyl (C=O) groups is 6. The molecule has 40 heavy (non-hydrogen) atoms. The maximum atomic E-state index is 13.2. The van der Waals surface area contributed by atoms with Crippen molar-refractivity contribution in [3.05, 3.63) is 54.1 Å². The first kappa shape index (κ1) is 31.7. The Kier molecular flexibility index (Phi) is 13.0. The number of benzene rings is 1. The predicted octanol–water partition coefficient (Wildman–Crippen LogP) is 0.0178. The number of carbonyl (C=O) groups excluding carboxylic acids is 5. The fourth-order valence-electron chi connectivity index (χ4n) is 3.96. The van der Waals surface area contributed by atoms with Crippen LogP contribution < -0.4 is 21.3 Å². The van der Waals surface area contributed by atoms with Crippen LogP contribution in [0, 0.1) is 0 Å². The Morgan fingerprint density at radius 2 is 1.57 bits per heavy atom. The molecule has 0 saturated carbocycles. The van der Waals surface area contributed by atoms with E-state index >= 15 is 0 Å². The second-order valence-electron chi connectivity index (χ2n) is 9.34. The zero-order chi connectivity index (χ0) is 29.5. The number of amides is 4. The SMILES string of the molecule is CCCC[C@H](NC(C)=O)C(=O)N[C@@H](CC(=O)O)C(=O)N[C@@H](Cc1cnc[nH]1)C(=O)N[C@@H](C=O)Cc1ccccc1. The molecule has 6 N–H and O–H groups in total. The fraction of sp³-hybridized carbons (Fsp3) is 0.444. The number of imidazole rings is 1. The second kappa shape index (κ2) is 16.4. The molecule has 1 heterocycles. The molecule has 2 rings (SSSR count). The zero-order valence-corrected chi connectivity index (χ0v) is 22.5. The summed E-state index contributed by atoms with van der Waals surface area (Å²) in [6.45, 7) is 3.15. The molecular formula is C27H36N6O7. The van der Waals surface area contributed by atoms with Crippen LogP contribution in [0.2, 0.25) is 0 Å². The van der Waals surface area contributed by atoms with Gasteiger partial charge in [-0.2, -0.15) is 0 Å². The first-order valence-electron chi connectivity index (χ1n) is 13.0. The highest BCUT2D eigenvalue weighted by Crippen LogP contribution is 2.07. The molecule has 13 heteroatoms. The number of rotatable bonds is 17. The average molecular weight is 557 g/mol. The van der Waals surface area contributed by atoms with Gasteiger partial charge in [-0.15, -0.1) is 0 Å². The lowest BCUT2D eigenvalue weighted by atomic mass is 10.0. The predicted molar refractivity (Wildman–Crippen MR) is 144 cm³/mol. The smallest absolute Gasteiger partial charge is 0.305 e. The normalized spacial score (nSPS) is 13.7. The Morgan fingerprint density at radius 1 is 0.925 bits per heavy atom. The van der Waals surface area contributed by atoms with E-state index in [-0.39, 0.29) is 12.8 Å². The van der Waals surface area contributed by atoms with E-state index in [1.165, 1.54) is 19.4 Å². The standard InChI is InChI=1S/C27H36N6O7/c1-3-4-10-21(30-17(2)35)25(38)33-23(13-24(36)37)27(40)32-22(12-19-14-28-16-29-19)26(39)31-20(15-34)11-18-8-6-5-7-9-18/h5-9,14-16,20-23H,3-4,10-13H2,1-2H3,(H,28,29)(H,30,35)(H,31,39)(H,32,40)(H,33,38)(H,36,37)/t20-,21+,22+,23+/m1/s1. The summed E-state index contributed by atoms with van der Waals surface area (Å²) < 4.78 is 0. The minimum atomic E-state index is -1.54. The molecule has 0 spiro atoms. The van der Waals surface area contributed by atoms with E-state index in [0.29, 0.717) is 24.8 Å². The molecule has 4 amide bonds. The number of H-pyrrole nitrogens is 1. The van der Waals surface area contributed by atoms with Crippen molar-refractivity contribution in [2.24, 2.45) is 0 Å².